The first-order valence-corrected chi connectivity index (χ1v) is 11.6. The third kappa shape index (κ3) is 6.58. The number of carbonyl (C=O) groups is 2. The molecule has 0 bridgehead atoms. The fourth-order valence-electron chi connectivity index (χ4n) is 4.09. The lowest BCUT2D eigenvalue weighted by Crippen LogP contribution is -2.33. The lowest BCUT2D eigenvalue weighted by molar-refractivity contribution is -0.121. The van der Waals surface area contributed by atoms with Gasteiger partial charge in [0.2, 0.25) is 5.91 Å². The van der Waals surface area contributed by atoms with Gasteiger partial charge >= 0.3 is 0 Å². The Balaban J connectivity index is 1.57. The van der Waals surface area contributed by atoms with Crippen LogP contribution in [-0.4, -0.2) is 31.4 Å². The second kappa shape index (κ2) is 11.5. The summed E-state index contributed by atoms with van der Waals surface area (Å²) in [4.78, 5) is 27.2. The van der Waals surface area contributed by atoms with Gasteiger partial charge in [-0.2, -0.15) is 0 Å². The van der Waals surface area contributed by atoms with Gasteiger partial charge in [-0.05, 0) is 61.9 Å². The standard InChI is InChI=1S/C26H35N3O2/c1-3-4-16-27-26(31)22-14-12-21(13-15-22)19-25(30)28-20(2)23-10-6-7-11-24(23)29-17-8-5-9-18-29/h6-7,10-15,20H,3-5,8-9,16-19H2,1-2H3,(H,27,31)(H,28,30). The van der Waals surface area contributed by atoms with Crippen molar-refractivity contribution in [1.29, 1.82) is 0 Å². The molecule has 0 radical (unpaired) electrons. The highest BCUT2D eigenvalue weighted by atomic mass is 16.2. The Labute approximate surface area is 186 Å². The average Bonchev–Trinajstić information content (AvgIpc) is 2.80. The topological polar surface area (TPSA) is 61.4 Å². The molecular weight excluding hydrogens is 386 g/mol. The predicted molar refractivity (Wildman–Crippen MR) is 126 cm³/mol. The number of piperidine rings is 1. The van der Waals surface area contributed by atoms with Crippen LogP contribution >= 0.6 is 0 Å². The molecule has 31 heavy (non-hydrogen) atoms. The number of nitrogens with one attached hydrogen (secondary N) is 2. The van der Waals surface area contributed by atoms with E-state index in [1.54, 1.807) is 12.1 Å². The van der Waals surface area contributed by atoms with Crippen LogP contribution in [0.1, 0.15) is 73.5 Å². The fourth-order valence-corrected chi connectivity index (χ4v) is 4.09. The maximum atomic E-state index is 12.7. The quantitative estimate of drug-likeness (QED) is 0.581. The van der Waals surface area contributed by atoms with Gasteiger partial charge in [-0.1, -0.05) is 43.7 Å². The van der Waals surface area contributed by atoms with Crippen LogP contribution < -0.4 is 15.5 Å². The third-order valence-corrected chi connectivity index (χ3v) is 5.87. The summed E-state index contributed by atoms with van der Waals surface area (Å²) < 4.78 is 0. The van der Waals surface area contributed by atoms with Crippen molar-refractivity contribution >= 4 is 17.5 Å². The minimum absolute atomic E-state index is 0.0129. The highest BCUT2D eigenvalue weighted by Crippen LogP contribution is 2.28. The molecule has 3 rings (SSSR count). The first kappa shape index (κ1) is 22.9. The molecule has 1 aliphatic heterocycles. The number of unbranched alkanes of at least 4 members (excludes halogenated alkanes) is 1. The second-order valence-corrected chi connectivity index (χ2v) is 8.38. The molecule has 1 unspecified atom stereocenters. The molecule has 5 heteroatoms. The monoisotopic (exact) mass is 421 g/mol. The van der Waals surface area contributed by atoms with Gasteiger partial charge in [0.15, 0.2) is 0 Å². The Morgan fingerprint density at radius 2 is 1.71 bits per heavy atom. The van der Waals surface area contributed by atoms with Crippen LogP contribution in [0.3, 0.4) is 0 Å². The van der Waals surface area contributed by atoms with E-state index in [4.69, 9.17) is 0 Å². The van der Waals surface area contributed by atoms with Crippen LogP contribution in [0.15, 0.2) is 48.5 Å². The molecule has 0 aliphatic carbocycles. The molecule has 0 spiro atoms. The van der Waals surface area contributed by atoms with Crippen molar-refractivity contribution in [3.8, 4) is 0 Å². The van der Waals surface area contributed by atoms with E-state index < -0.39 is 0 Å². The number of amides is 2. The smallest absolute Gasteiger partial charge is 0.251 e. The third-order valence-electron chi connectivity index (χ3n) is 5.87. The Bertz CT molecular complexity index is 857. The number of anilines is 1. The van der Waals surface area contributed by atoms with Gasteiger partial charge in [0, 0.05) is 30.9 Å². The van der Waals surface area contributed by atoms with Gasteiger partial charge in [-0.3, -0.25) is 9.59 Å². The van der Waals surface area contributed by atoms with Gasteiger partial charge in [-0.25, -0.2) is 0 Å². The first-order valence-electron chi connectivity index (χ1n) is 11.6. The van der Waals surface area contributed by atoms with Crippen molar-refractivity contribution in [2.24, 2.45) is 0 Å². The van der Waals surface area contributed by atoms with Gasteiger partial charge in [0.25, 0.3) is 5.91 Å². The molecule has 166 valence electrons. The van der Waals surface area contributed by atoms with E-state index in [0.29, 0.717) is 18.5 Å². The summed E-state index contributed by atoms with van der Waals surface area (Å²) in [5, 5.41) is 6.07. The van der Waals surface area contributed by atoms with Crippen molar-refractivity contribution < 1.29 is 9.59 Å². The molecule has 2 aromatic rings. The van der Waals surface area contributed by atoms with E-state index in [-0.39, 0.29) is 17.9 Å². The normalized spacial score (nSPS) is 14.7. The summed E-state index contributed by atoms with van der Waals surface area (Å²) in [5.41, 5.74) is 3.92. The lowest BCUT2D eigenvalue weighted by atomic mass is 10.0. The SMILES string of the molecule is CCCCNC(=O)c1ccc(CC(=O)NC(C)c2ccccc2N2CCCCC2)cc1. The minimum atomic E-state index is -0.0626. The van der Waals surface area contributed by atoms with Crippen molar-refractivity contribution in [1.82, 2.24) is 10.6 Å². The van der Waals surface area contributed by atoms with Crippen LogP contribution in [0.5, 0.6) is 0 Å². The number of carbonyl (C=O) groups excluding carboxylic acids is 2. The Kier molecular flexibility index (Phi) is 8.51. The van der Waals surface area contributed by atoms with E-state index in [1.165, 1.54) is 24.9 Å². The van der Waals surface area contributed by atoms with Gasteiger partial charge in [0.05, 0.1) is 12.5 Å². The Hall–Kier alpha value is -2.82. The molecule has 1 saturated heterocycles. The highest BCUT2D eigenvalue weighted by molar-refractivity contribution is 5.94. The van der Waals surface area contributed by atoms with Gasteiger partial charge in [0.1, 0.15) is 0 Å². The van der Waals surface area contributed by atoms with Gasteiger partial charge in [-0.15, -0.1) is 0 Å². The molecule has 1 fully saturated rings. The number of nitrogens with zero attached hydrogens (tertiary/aromatic N) is 1. The van der Waals surface area contributed by atoms with Crippen LogP contribution in [0, 0.1) is 0 Å². The number of benzene rings is 2. The lowest BCUT2D eigenvalue weighted by Gasteiger charge is -2.32. The summed E-state index contributed by atoms with van der Waals surface area (Å²) in [6.07, 6.45) is 6.07. The molecule has 1 atom stereocenters. The number of hydrogen-bond acceptors (Lipinski definition) is 3. The summed E-state index contributed by atoms with van der Waals surface area (Å²) >= 11 is 0. The molecule has 2 N–H and O–H groups in total. The zero-order chi connectivity index (χ0) is 22.1. The summed E-state index contributed by atoms with van der Waals surface area (Å²) in [6.45, 7) is 6.99. The number of para-hydroxylation sites is 1. The van der Waals surface area contributed by atoms with Gasteiger partial charge < -0.3 is 15.5 Å². The van der Waals surface area contributed by atoms with E-state index in [1.807, 2.05) is 25.1 Å². The van der Waals surface area contributed by atoms with Crippen LogP contribution in [0.4, 0.5) is 5.69 Å². The molecular formula is C26H35N3O2. The molecule has 0 saturated carbocycles. The van der Waals surface area contributed by atoms with E-state index in [9.17, 15) is 9.59 Å². The average molecular weight is 422 g/mol. The maximum absolute atomic E-state index is 12.7. The Morgan fingerprint density at radius 1 is 1.00 bits per heavy atom. The van der Waals surface area contributed by atoms with Crippen LogP contribution in [0.2, 0.25) is 0 Å². The summed E-state index contributed by atoms with van der Waals surface area (Å²) in [7, 11) is 0. The highest BCUT2D eigenvalue weighted by Gasteiger charge is 2.18. The van der Waals surface area contributed by atoms with Crippen molar-refractivity contribution in [2.75, 3.05) is 24.5 Å². The molecule has 0 aromatic heterocycles. The second-order valence-electron chi connectivity index (χ2n) is 8.38. The van der Waals surface area contributed by atoms with E-state index in [2.05, 4.69) is 40.7 Å². The van der Waals surface area contributed by atoms with Crippen molar-refractivity contribution in [3.63, 3.8) is 0 Å². The number of rotatable bonds is 9. The van der Waals surface area contributed by atoms with Crippen molar-refractivity contribution in [3.05, 3.63) is 65.2 Å². The number of hydrogen-bond donors (Lipinski definition) is 2. The molecule has 2 aromatic carbocycles. The Morgan fingerprint density at radius 3 is 2.42 bits per heavy atom. The van der Waals surface area contributed by atoms with Crippen LogP contribution in [0.25, 0.3) is 0 Å². The first-order chi connectivity index (χ1) is 15.1. The molecule has 1 heterocycles. The molecule has 1 aliphatic rings. The zero-order valence-corrected chi connectivity index (χ0v) is 18.8. The van der Waals surface area contributed by atoms with E-state index in [0.717, 1.165) is 37.1 Å². The van der Waals surface area contributed by atoms with E-state index >= 15 is 0 Å². The van der Waals surface area contributed by atoms with Crippen molar-refractivity contribution in [2.45, 2.75) is 58.4 Å². The predicted octanol–water partition coefficient (Wildman–Crippen LogP) is 4.63. The fraction of sp³-hybridized carbons (Fsp3) is 0.462. The molecule has 5 nitrogen and oxygen atoms in total. The molecule has 2 amide bonds. The van der Waals surface area contributed by atoms with Crippen LogP contribution in [-0.2, 0) is 11.2 Å². The summed E-state index contributed by atoms with van der Waals surface area (Å²) in [6, 6.07) is 15.6. The largest absolute Gasteiger partial charge is 0.371 e. The zero-order valence-electron chi connectivity index (χ0n) is 18.8. The minimum Gasteiger partial charge on any atom is -0.371 e. The summed E-state index contributed by atoms with van der Waals surface area (Å²) in [5.74, 6) is -0.0755. The maximum Gasteiger partial charge on any atom is 0.251 e.